The van der Waals surface area contributed by atoms with E-state index in [-0.39, 0.29) is 16.8 Å². The molecule has 2 rings (SSSR count). The lowest BCUT2D eigenvalue weighted by Crippen LogP contribution is -2.14. The number of rotatable bonds is 5. The predicted octanol–water partition coefficient (Wildman–Crippen LogP) is 3.36. The Bertz CT molecular complexity index is 698. The highest BCUT2D eigenvalue weighted by Crippen LogP contribution is 2.18. The van der Waals surface area contributed by atoms with Crippen molar-refractivity contribution >= 4 is 33.1 Å². The van der Waals surface area contributed by atoms with E-state index in [4.69, 9.17) is 11.6 Å². The molecule has 0 fully saturated rings. The zero-order valence-electron chi connectivity index (χ0n) is 11.7. The molecule has 0 amide bonds. The first kappa shape index (κ1) is 15.6. The van der Waals surface area contributed by atoms with Gasteiger partial charge in [-0.15, -0.1) is 0 Å². The molecule has 7 heteroatoms. The van der Waals surface area contributed by atoms with Crippen molar-refractivity contribution in [1.29, 1.82) is 0 Å². The van der Waals surface area contributed by atoms with Crippen LogP contribution < -0.4 is 10.0 Å². The Labute approximate surface area is 129 Å². The van der Waals surface area contributed by atoms with Crippen LogP contribution in [0.15, 0.2) is 47.5 Å². The van der Waals surface area contributed by atoms with Gasteiger partial charge in [0.15, 0.2) is 0 Å². The number of benzene rings is 1. The van der Waals surface area contributed by atoms with E-state index in [2.05, 4.69) is 15.0 Å². The fraction of sp³-hybridized carbons (Fsp3) is 0.214. The zero-order valence-corrected chi connectivity index (χ0v) is 13.2. The summed E-state index contributed by atoms with van der Waals surface area (Å²) in [7, 11) is -3.66. The second-order valence-electron chi connectivity index (χ2n) is 4.79. The highest BCUT2D eigenvalue weighted by atomic mass is 35.5. The molecule has 112 valence electrons. The average molecular weight is 326 g/mol. The maximum absolute atomic E-state index is 12.2. The van der Waals surface area contributed by atoms with E-state index in [0.29, 0.717) is 5.02 Å². The Morgan fingerprint density at radius 2 is 1.76 bits per heavy atom. The molecular formula is C14H16ClN3O2S. The third-order valence-electron chi connectivity index (χ3n) is 2.58. The summed E-state index contributed by atoms with van der Waals surface area (Å²) in [5.41, 5.74) is 0.833. The third-order valence-corrected chi connectivity index (χ3v) is 4.20. The average Bonchev–Trinajstić information content (AvgIpc) is 2.40. The van der Waals surface area contributed by atoms with Gasteiger partial charge in [0.2, 0.25) is 0 Å². The minimum atomic E-state index is -3.66. The van der Waals surface area contributed by atoms with Gasteiger partial charge in [-0.2, -0.15) is 0 Å². The number of nitrogens with one attached hydrogen (secondary N) is 2. The molecular weight excluding hydrogens is 310 g/mol. The first-order valence-corrected chi connectivity index (χ1v) is 8.24. The van der Waals surface area contributed by atoms with Gasteiger partial charge in [0.1, 0.15) is 5.82 Å². The molecule has 0 saturated heterocycles. The molecule has 0 saturated carbocycles. The molecule has 0 bridgehead atoms. The SMILES string of the molecule is CC(C)Nc1ccc(NS(=O)(=O)c2ccc(Cl)cc2)nc1. The molecule has 1 heterocycles. The van der Waals surface area contributed by atoms with Crippen molar-refractivity contribution in [2.24, 2.45) is 0 Å². The Kier molecular flexibility index (Phi) is 4.69. The lowest BCUT2D eigenvalue weighted by atomic mass is 10.3. The van der Waals surface area contributed by atoms with Crippen molar-refractivity contribution in [2.75, 3.05) is 10.0 Å². The predicted molar refractivity (Wildman–Crippen MR) is 85.3 cm³/mol. The van der Waals surface area contributed by atoms with E-state index < -0.39 is 10.0 Å². The smallest absolute Gasteiger partial charge is 0.263 e. The van der Waals surface area contributed by atoms with Crippen LogP contribution in [0.25, 0.3) is 0 Å². The number of pyridine rings is 1. The fourth-order valence-electron chi connectivity index (χ4n) is 1.68. The van der Waals surface area contributed by atoms with Crippen LogP contribution >= 0.6 is 11.6 Å². The van der Waals surface area contributed by atoms with E-state index >= 15 is 0 Å². The fourth-order valence-corrected chi connectivity index (χ4v) is 2.82. The summed E-state index contributed by atoms with van der Waals surface area (Å²) in [6, 6.07) is 9.60. The molecule has 5 nitrogen and oxygen atoms in total. The summed E-state index contributed by atoms with van der Waals surface area (Å²) in [6.07, 6.45) is 1.58. The molecule has 0 aliphatic rings. The Hall–Kier alpha value is -1.79. The van der Waals surface area contributed by atoms with Gasteiger partial charge in [0, 0.05) is 11.1 Å². The maximum atomic E-state index is 12.2. The van der Waals surface area contributed by atoms with Crippen LogP contribution in [0.1, 0.15) is 13.8 Å². The molecule has 0 spiro atoms. The third kappa shape index (κ3) is 4.34. The molecule has 2 N–H and O–H groups in total. The van der Waals surface area contributed by atoms with Gasteiger partial charge in [-0.05, 0) is 50.2 Å². The van der Waals surface area contributed by atoms with E-state index in [1.807, 2.05) is 13.8 Å². The number of sulfonamides is 1. The lowest BCUT2D eigenvalue weighted by Gasteiger charge is -2.11. The normalized spacial score (nSPS) is 11.4. The molecule has 0 aliphatic carbocycles. The topological polar surface area (TPSA) is 71.1 Å². The van der Waals surface area contributed by atoms with Crippen molar-refractivity contribution < 1.29 is 8.42 Å². The van der Waals surface area contributed by atoms with Crippen LogP contribution in [-0.4, -0.2) is 19.4 Å². The first-order valence-electron chi connectivity index (χ1n) is 6.38. The van der Waals surface area contributed by atoms with Crippen LogP contribution in [0.4, 0.5) is 11.5 Å². The molecule has 0 unspecified atom stereocenters. The lowest BCUT2D eigenvalue weighted by molar-refractivity contribution is 0.601. The number of aromatic nitrogens is 1. The van der Waals surface area contributed by atoms with Gasteiger partial charge >= 0.3 is 0 Å². The van der Waals surface area contributed by atoms with Crippen molar-refractivity contribution in [1.82, 2.24) is 4.98 Å². The minimum absolute atomic E-state index is 0.137. The summed E-state index contributed by atoms with van der Waals surface area (Å²) >= 11 is 5.75. The highest BCUT2D eigenvalue weighted by Gasteiger charge is 2.14. The molecule has 1 aromatic heterocycles. The quantitative estimate of drug-likeness (QED) is 0.884. The van der Waals surface area contributed by atoms with Gasteiger partial charge in [0.05, 0.1) is 16.8 Å². The summed E-state index contributed by atoms with van der Waals surface area (Å²) < 4.78 is 26.8. The summed E-state index contributed by atoms with van der Waals surface area (Å²) in [4.78, 5) is 4.22. The number of hydrogen-bond acceptors (Lipinski definition) is 4. The Balaban J connectivity index is 2.15. The van der Waals surface area contributed by atoms with Gasteiger partial charge in [0.25, 0.3) is 10.0 Å². The molecule has 0 aliphatic heterocycles. The Morgan fingerprint density at radius 3 is 2.29 bits per heavy atom. The van der Waals surface area contributed by atoms with Crippen LogP contribution in [0, 0.1) is 0 Å². The van der Waals surface area contributed by atoms with Crippen molar-refractivity contribution in [2.45, 2.75) is 24.8 Å². The van der Waals surface area contributed by atoms with Crippen LogP contribution in [0.5, 0.6) is 0 Å². The second kappa shape index (κ2) is 6.32. The molecule has 0 radical (unpaired) electrons. The summed E-state index contributed by atoms with van der Waals surface area (Å²) in [6.45, 7) is 4.02. The van der Waals surface area contributed by atoms with Gasteiger partial charge in [-0.1, -0.05) is 11.6 Å². The minimum Gasteiger partial charge on any atom is -0.382 e. The standard InChI is InChI=1S/C14H16ClN3O2S/c1-10(2)17-12-5-8-14(16-9-12)18-21(19,20)13-6-3-11(15)4-7-13/h3-10,17H,1-2H3,(H,16,18). The summed E-state index contributed by atoms with van der Waals surface area (Å²) in [5, 5.41) is 3.66. The van der Waals surface area contributed by atoms with Crippen molar-refractivity contribution in [3.05, 3.63) is 47.6 Å². The molecule has 0 atom stereocenters. The maximum Gasteiger partial charge on any atom is 0.263 e. The van der Waals surface area contributed by atoms with E-state index in [1.54, 1.807) is 18.3 Å². The second-order valence-corrected chi connectivity index (χ2v) is 6.91. The van der Waals surface area contributed by atoms with Crippen LogP contribution in [0.3, 0.4) is 0 Å². The number of anilines is 2. The van der Waals surface area contributed by atoms with Crippen molar-refractivity contribution in [3.63, 3.8) is 0 Å². The Morgan fingerprint density at radius 1 is 1.10 bits per heavy atom. The first-order chi connectivity index (χ1) is 9.87. The zero-order chi connectivity index (χ0) is 15.5. The molecule has 1 aromatic carbocycles. The number of nitrogens with zero attached hydrogens (tertiary/aromatic N) is 1. The summed E-state index contributed by atoms with van der Waals surface area (Å²) in [5.74, 6) is 0.263. The van der Waals surface area contributed by atoms with Gasteiger partial charge in [-0.25, -0.2) is 13.4 Å². The van der Waals surface area contributed by atoms with E-state index in [1.165, 1.54) is 24.3 Å². The molecule has 21 heavy (non-hydrogen) atoms. The monoisotopic (exact) mass is 325 g/mol. The largest absolute Gasteiger partial charge is 0.382 e. The molecule has 2 aromatic rings. The highest BCUT2D eigenvalue weighted by molar-refractivity contribution is 7.92. The van der Waals surface area contributed by atoms with Gasteiger partial charge in [-0.3, -0.25) is 4.72 Å². The van der Waals surface area contributed by atoms with E-state index in [0.717, 1.165) is 5.69 Å². The number of hydrogen-bond donors (Lipinski definition) is 2. The van der Waals surface area contributed by atoms with Crippen LogP contribution in [0.2, 0.25) is 5.02 Å². The number of halogens is 1. The van der Waals surface area contributed by atoms with Crippen LogP contribution in [-0.2, 0) is 10.0 Å². The van der Waals surface area contributed by atoms with E-state index in [9.17, 15) is 8.42 Å². The van der Waals surface area contributed by atoms with Crippen molar-refractivity contribution in [3.8, 4) is 0 Å². The van der Waals surface area contributed by atoms with Gasteiger partial charge < -0.3 is 5.32 Å².